The minimum atomic E-state index is -0.703. The molecule has 0 aliphatic carbocycles. The largest absolute Gasteiger partial charge is 0.380 e. The maximum atomic E-state index is 13.1. The van der Waals surface area contributed by atoms with Gasteiger partial charge in [0.05, 0.1) is 17.1 Å². The van der Waals surface area contributed by atoms with Gasteiger partial charge in [-0.25, -0.2) is 0 Å². The molecular weight excluding hydrogens is 737 g/mol. The van der Waals surface area contributed by atoms with Gasteiger partial charge in [0, 0.05) is 91.0 Å². The fourth-order valence-corrected chi connectivity index (χ4v) is 7.59. The zero-order chi connectivity index (χ0) is 40.5. The number of amides is 6. The van der Waals surface area contributed by atoms with E-state index in [2.05, 4.69) is 43.4 Å². The summed E-state index contributed by atoms with van der Waals surface area (Å²) >= 11 is 0. The molecule has 14 heteroatoms. The summed E-state index contributed by atoms with van der Waals surface area (Å²) in [4.78, 5) is 86.1. The summed E-state index contributed by atoms with van der Waals surface area (Å²) in [5, 5.41) is 16.0. The maximum Gasteiger partial charge on any atom is 0.269 e. The van der Waals surface area contributed by atoms with Crippen LogP contribution in [-0.2, 0) is 20.9 Å². The van der Waals surface area contributed by atoms with Crippen molar-refractivity contribution in [3.8, 4) is 34.2 Å². The molecule has 0 bridgehead atoms. The van der Waals surface area contributed by atoms with Gasteiger partial charge in [0.15, 0.2) is 0 Å². The summed E-state index contributed by atoms with van der Waals surface area (Å²) in [5.74, 6) is 4.35. The summed E-state index contributed by atoms with van der Waals surface area (Å²) in [6, 6.07) is 19.2. The fraction of sp³-hybridized carbons (Fsp3) is 0.227. The normalized spacial score (nSPS) is 17.2. The van der Waals surface area contributed by atoms with E-state index in [1.54, 1.807) is 49.8 Å². The van der Waals surface area contributed by atoms with Crippen molar-refractivity contribution in [1.82, 2.24) is 30.8 Å². The zero-order valence-corrected chi connectivity index (χ0v) is 31.7. The van der Waals surface area contributed by atoms with Crippen LogP contribution in [0.5, 0.6) is 0 Å². The predicted molar refractivity (Wildman–Crippen MR) is 216 cm³/mol. The predicted octanol–water partition coefficient (Wildman–Crippen LogP) is 4.40. The SMILES string of the molecule is CNC(=O)c1cc2c(c(-c3cccc4cc(-c5ccc(C(=O)NCCC#Cc6cccc7c6CN(C6CCC(=O)NC6=O)C7=O)nc5)ncc34)c1)N[C@H](C)CC(=O)N2. The molecule has 5 aromatic rings. The number of imide groups is 1. The smallest absolute Gasteiger partial charge is 0.269 e. The molecule has 5 heterocycles. The second kappa shape index (κ2) is 15.6. The second-order valence-electron chi connectivity index (χ2n) is 14.4. The van der Waals surface area contributed by atoms with Gasteiger partial charge in [-0.2, -0.15) is 0 Å². The summed E-state index contributed by atoms with van der Waals surface area (Å²) in [5.41, 5.74) is 6.78. The Morgan fingerprint density at radius 3 is 2.52 bits per heavy atom. The lowest BCUT2D eigenvalue weighted by Crippen LogP contribution is -2.52. The monoisotopic (exact) mass is 774 g/mol. The second-order valence-corrected chi connectivity index (χ2v) is 14.4. The van der Waals surface area contributed by atoms with Crippen LogP contribution in [0.4, 0.5) is 11.4 Å². The number of benzene rings is 3. The molecular formula is C44H38N8O6. The van der Waals surface area contributed by atoms with Crippen molar-refractivity contribution in [3.05, 3.63) is 107 Å². The van der Waals surface area contributed by atoms with Crippen molar-refractivity contribution >= 4 is 57.6 Å². The number of nitrogens with zero attached hydrogens (tertiary/aromatic N) is 3. The highest BCUT2D eigenvalue weighted by Gasteiger charge is 2.39. The third kappa shape index (κ3) is 7.33. The van der Waals surface area contributed by atoms with Crippen molar-refractivity contribution in [2.45, 2.75) is 51.2 Å². The number of anilines is 2. The van der Waals surface area contributed by atoms with E-state index >= 15 is 0 Å². The standard InChI is InChI=1S/C44H38N8O6/c1-24-17-39(54)50-36-20-28(41(55)45-2)18-31(40(36)49-24)29-10-6-9-26-19-35(48-22-32(26)29)27-12-13-34(47-21-27)42(56)46-16-4-3-7-25-8-5-11-30-33(25)23-52(44(30)58)37-14-15-38(53)51-43(37)57/h5-6,8-13,18-22,24,37,49H,4,14-17,23H2,1-2H3,(H,45,55)(H,46,56)(H,50,54)(H,51,53,57)/t24-,37?/m1/s1. The van der Waals surface area contributed by atoms with E-state index in [9.17, 15) is 28.8 Å². The van der Waals surface area contributed by atoms with Crippen LogP contribution in [0.2, 0.25) is 0 Å². The summed E-state index contributed by atoms with van der Waals surface area (Å²) in [6.45, 7) is 2.44. The Bertz CT molecular complexity index is 2630. The van der Waals surface area contributed by atoms with Gasteiger partial charge >= 0.3 is 0 Å². The van der Waals surface area contributed by atoms with Crippen molar-refractivity contribution in [1.29, 1.82) is 0 Å². The molecule has 1 saturated heterocycles. The first kappa shape index (κ1) is 37.5. The van der Waals surface area contributed by atoms with Gasteiger partial charge in [0.1, 0.15) is 11.7 Å². The number of aromatic nitrogens is 2. The molecule has 5 N–H and O–H groups in total. The molecule has 290 valence electrons. The Balaban J connectivity index is 0.935. The first-order valence-electron chi connectivity index (χ1n) is 18.9. The lowest BCUT2D eigenvalue weighted by molar-refractivity contribution is -0.137. The molecule has 2 atom stereocenters. The van der Waals surface area contributed by atoms with Crippen molar-refractivity contribution < 1.29 is 28.8 Å². The lowest BCUT2D eigenvalue weighted by atomic mass is 9.94. The Morgan fingerprint density at radius 1 is 0.897 bits per heavy atom. The van der Waals surface area contributed by atoms with Crippen molar-refractivity contribution in [3.63, 3.8) is 0 Å². The highest BCUT2D eigenvalue weighted by molar-refractivity contribution is 6.09. The van der Waals surface area contributed by atoms with Crippen LogP contribution < -0.4 is 26.6 Å². The number of carbonyl (C=O) groups is 6. The van der Waals surface area contributed by atoms with Gasteiger partial charge in [-0.05, 0) is 72.3 Å². The van der Waals surface area contributed by atoms with E-state index in [4.69, 9.17) is 4.98 Å². The van der Waals surface area contributed by atoms with Crippen LogP contribution in [0, 0.1) is 11.8 Å². The third-order valence-corrected chi connectivity index (χ3v) is 10.5. The summed E-state index contributed by atoms with van der Waals surface area (Å²) in [6.07, 6.45) is 4.47. The van der Waals surface area contributed by atoms with E-state index in [0.29, 0.717) is 40.1 Å². The van der Waals surface area contributed by atoms with Gasteiger partial charge in [-0.3, -0.25) is 44.1 Å². The van der Waals surface area contributed by atoms with E-state index in [1.807, 2.05) is 43.3 Å². The van der Waals surface area contributed by atoms with Crippen LogP contribution in [0.15, 0.2) is 79.1 Å². The minimum Gasteiger partial charge on any atom is -0.380 e. The number of rotatable bonds is 7. The zero-order valence-electron chi connectivity index (χ0n) is 31.7. The summed E-state index contributed by atoms with van der Waals surface area (Å²) < 4.78 is 0. The molecule has 0 radical (unpaired) electrons. The van der Waals surface area contributed by atoms with Crippen LogP contribution in [0.3, 0.4) is 0 Å². The van der Waals surface area contributed by atoms with Gasteiger partial charge in [-0.1, -0.05) is 36.1 Å². The molecule has 3 aliphatic rings. The Kier molecular flexibility index (Phi) is 10.1. The lowest BCUT2D eigenvalue weighted by Gasteiger charge is -2.29. The highest BCUT2D eigenvalue weighted by Crippen LogP contribution is 2.41. The molecule has 8 rings (SSSR count). The fourth-order valence-electron chi connectivity index (χ4n) is 7.59. The van der Waals surface area contributed by atoms with Crippen LogP contribution in [-0.4, -0.2) is 76.0 Å². The van der Waals surface area contributed by atoms with Crippen molar-refractivity contribution in [2.24, 2.45) is 0 Å². The molecule has 14 nitrogen and oxygen atoms in total. The first-order chi connectivity index (χ1) is 28.1. The van der Waals surface area contributed by atoms with E-state index in [1.165, 1.54) is 4.90 Å². The average molecular weight is 775 g/mol. The topological polar surface area (TPSA) is 192 Å². The number of hydrogen-bond acceptors (Lipinski definition) is 9. The number of fused-ring (bicyclic) bond motifs is 3. The van der Waals surface area contributed by atoms with Crippen LogP contribution in [0.25, 0.3) is 33.2 Å². The highest BCUT2D eigenvalue weighted by atomic mass is 16.2. The van der Waals surface area contributed by atoms with Gasteiger partial charge in [0.25, 0.3) is 17.7 Å². The van der Waals surface area contributed by atoms with Crippen molar-refractivity contribution in [2.75, 3.05) is 24.2 Å². The molecule has 58 heavy (non-hydrogen) atoms. The molecule has 2 aromatic heterocycles. The van der Waals surface area contributed by atoms with Gasteiger partial charge in [-0.15, -0.1) is 0 Å². The van der Waals surface area contributed by atoms with Gasteiger partial charge < -0.3 is 26.2 Å². The van der Waals surface area contributed by atoms with E-state index in [0.717, 1.165) is 33.2 Å². The van der Waals surface area contributed by atoms with Crippen LogP contribution in [0.1, 0.15) is 74.9 Å². The van der Waals surface area contributed by atoms with Crippen LogP contribution >= 0.6 is 0 Å². The molecule has 3 aliphatic heterocycles. The Morgan fingerprint density at radius 2 is 1.72 bits per heavy atom. The molecule has 3 aromatic carbocycles. The number of nitrogens with one attached hydrogen (secondary N) is 5. The van der Waals surface area contributed by atoms with Gasteiger partial charge in [0.2, 0.25) is 17.7 Å². The number of pyridine rings is 2. The number of hydrogen-bond donors (Lipinski definition) is 5. The Labute approximate surface area is 333 Å². The maximum absolute atomic E-state index is 13.1. The Hall–Kier alpha value is -7.40. The third-order valence-electron chi connectivity index (χ3n) is 10.5. The average Bonchev–Trinajstić information content (AvgIpc) is 3.47. The molecule has 1 fully saturated rings. The van der Waals surface area contributed by atoms with E-state index in [-0.39, 0.29) is 73.6 Å². The number of piperidine rings is 1. The molecule has 0 saturated carbocycles. The molecule has 6 amide bonds. The quantitative estimate of drug-likeness (QED) is 0.0907. The molecule has 0 spiro atoms. The minimum absolute atomic E-state index is 0.130. The first-order valence-corrected chi connectivity index (χ1v) is 18.9. The summed E-state index contributed by atoms with van der Waals surface area (Å²) in [7, 11) is 1.56. The van der Waals surface area contributed by atoms with E-state index < -0.39 is 11.9 Å². The molecule has 1 unspecified atom stereocenters. The number of carbonyl (C=O) groups excluding carboxylic acids is 6.